The number of fused-ring (bicyclic) bond motifs is 3. The molecule has 2 aromatic carbocycles. The Kier molecular flexibility index (Phi) is 5.71. The molecule has 0 amide bonds. The summed E-state index contributed by atoms with van der Waals surface area (Å²) in [6, 6.07) is 10.4. The first-order valence-corrected chi connectivity index (χ1v) is 12.0. The van der Waals surface area contributed by atoms with Gasteiger partial charge in [-0.25, -0.2) is 12.8 Å². The van der Waals surface area contributed by atoms with Crippen LogP contribution in [-0.2, 0) is 15.6 Å². The zero-order valence-corrected chi connectivity index (χ0v) is 18.7. The summed E-state index contributed by atoms with van der Waals surface area (Å²) in [6.07, 6.45) is 4.22. The Morgan fingerprint density at radius 1 is 1.16 bits per heavy atom. The Morgan fingerprint density at radius 2 is 1.97 bits per heavy atom. The van der Waals surface area contributed by atoms with Gasteiger partial charge in [0.2, 0.25) is 0 Å². The lowest BCUT2D eigenvalue weighted by molar-refractivity contribution is 0.386. The van der Waals surface area contributed by atoms with E-state index in [2.05, 4.69) is 17.2 Å². The van der Waals surface area contributed by atoms with Gasteiger partial charge in [0.1, 0.15) is 0 Å². The number of likely N-dealkylation sites (N-methyl/N-ethyl adjacent to an activating group) is 1. The van der Waals surface area contributed by atoms with Crippen LogP contribution in [0.25, 0.3) is 5.57 Å². The van der Waals surface area contributed by atoms with Gasteiger partial charge in [-0.1, -0.05) is 25.1 Å². The van der Waals surface area contributed by atoms with Crippen LogP contribution in [0.1, 0.15) is 29.2 Å². The van der Waals surface area contributed by atoms with E-state index in [1.807, 2.05) is 25.2 Å². The largest absolute Gasteiger partial charge is 0.494 e. The first-order chi connectivity index (χ1) is 14.8. The van der Waals surface area contributed by atoms with Crippen LogP contribution in [0.5, 0.6) is 5.75 Å². The smallest absolute Gasteiger partial charge is 0.165 e. The second-order valence-corrected chi connectivity index (χ2v) is 10.1. The highest BCUT2D eigenvalue weighted by atomic mass is 32.2. The quantitative estimate of drug-likeness (QED) is 0.709. The van der Waals surface area contributed by atoms with Crippen molar-refractivity contribution in [3.63, 3.8) is 0 Å². The first-order valence-electron chi connectivity index (χ1n) is 10.1. The molecule has 2 aliphatic heterocycles. The van der Waals surface area contributed by atoms with Gasteiger partial charge in [-0.15, -0.1) is 0 Å². The monoisotopic (exact) mass is 440 g/mol. The highest BCUT2D eigenvalue weighted by Crippen LogP contribution is 2.35. The van der Waals surface area contributed by atoms with Crippen molar-refractivity contribution in [3.8, 4) is 5.75 Å². The minimum Gasteiger partial charge on any atom is -0.494 e. The maximum atomic E-state index is 14.0. The van der Waals surface area contributed by atoms with E-state index in [-0.39, 0.29) is 17.3 Å². The third-order valence-corrected chi connectivity index (χ3v) is 7.26. The highest BCUT2D eigenvalue weighted by Gasteiger charge is 2.24. The van der Waals surface area contributed by atoms with Gasteiger partial charge < -0.3 is 9.64 Å². The molecule has 2 heterocycles. The molecule has 2 aromatic rings. The van der Waals surface area contributed by atoms with Crippen molar-refractivity contribution in [2.75, 3.05) is 33.0 Å². The number of aliphatic imine (C=N–C) groups is 1. The van der Waals surface area contributed by atoms with E-state index in [1.165, 1.54) is 13.2 Å². The van der Waals surface area contributed by atoms with E-state index in [9.17, 15) is 12.8 Å². The second-order valence-electron chi connectivity index (χ2n) is 7.78. The van der Waals surface area contributed by atoms with Crippen molar-refractivity contribution in [2.24, 2.45) is 4.99 Å². The van der Waals surface area contributed by atoms with Crippen LogP contribution in [0.15, 0.2) is 59.2 Å². The maximum Gasteiger partial charge on any atom is 0.165 e. The molecule has 0 N–H and O–H groups in total. The predicted molar refractivity (Wildman–Crippen MR) is 122 cm³/mol. The predicted octanol–water partition coefficient (Wildman–Crippen LogP) is 3.83. The number of hydrogen-bond acceptors (Lipinski definition) is 5. The molecule has 7 heteroatoms. The lowest BCUT2D eigenvalue weighted by Crippen LogP contribution is -2.17. The van der Waals surface area contributed by atoms with Crippen molar-refractivity contribution in [1.29, 1.82) is 0 Å². The van der Waals surface area contributed by atoms with Gasteiger partial charge in [-0.05, 0) is 41.0 Å². The average Bonchev–Trinajstić information content (AvgIpc) is 2.90. The molecule has 0 saturated heterocycles. The van der Waals surface area contributed by atoms with Gasteiger partial charge in [0, 0.05) is 42.2 Å². The van der Waals surface area contributed by atoms with E-state index in [1.54, 1.807) is 19.1 Å². The van der Waals surface area contributed by atoms with E-state index in [0.29, 0.717) is 6.54 Å². The maximum absolute atomic E-state index is 14.0. The summed E-state index contributed by atoms with van der Waals surface area (Å²) in [5.41, 5.74) is 6.18. The number of sulfone groups is 1. The molecule has 0 aliphatic carbocycles. The summed E-state index contributed by atoms with van der Waals surface area (Å²) in [7, 11) is 0.278. The van der Waals surface area contributed by atoms with E-state index in [4.69, 9.17) is 9.73 Å². The Morgan fingerprint density at radius 3 is 2.71 bits per heavy atom. The number of methoxy groups -OCH3 is 1. The van der Waals surface area contributed by atoms with Crippen LogP contribution < -0.4 is 4.74 Å². The molecule has 0 bridgehead atoms. The summed E-state index contributed by atoms with van der Waals surface area (Å²) in [5, 5.41) is 0. The zero-order valence-electron chi connectivity index (χ0n) is 17.9. The molecule has 0 atom stereocenters. The number of rotatable bonds is 5. The molecule has 2 aliphatic rings. The molecule has 0 saturated carbocycles. The number of ether oxygens (including phenoxy) is 1. The molecule has 0 spiro atoms. The van der Waals surface area contributed by atoms with E-state index < -0.39 is 15.7 Å². The summed E-state index contributed by atoms with van der Waals surface area (Å²) in [5.74, 6) is -0.174. The van der Waals surface area contributed by atoms with Crippen LogP contribution in [0.3, 0.4) is 0 Å². The van der Waals surface area contributed by atoms with E-state index in [0.717, 1.165) is 45.7 Å². The van der Waals surface area contributed by atoms with Crippen LogP contribution >= 0.6 is 0 Å². The zero-order chi connectivity index (χ0) is 22.2. The fraction of sp³-hybridized carbons (Fsp3) is 0.292. The second kappa shape index (κ2) is 8.30. The highest BCUT2D eigenvalue weighted by molar-refractivity contribution is 7.90. The number of hydrogen-bond donors (Lipinski definition) is 0. The summed E-state index contributed by atoms with van der Waals surface area (Å²) >= 11 is 0. The lowest BCUT2D eigenvalue weighted by Gasteiger charge is -2.23. The number of nitrogens with zero attached hydrogens (tertiary/aromatic N) is 2. The molecule has 31 heavy (non-hydrogen) atoms. The fourth-order valence-corrected chi connectivity index (χ4v) is 4.77. The summed E-state index contributed by atoms with van der Waals surface area (Å²) in [6.45, 7) is 2.93. The fourth-order valence-electron chi connectivity index (χ4n) is 3.88. The third kappa shape index (κ3) is 4.28. The van der Waals surface area contributed by atoms with Gasteiger partial charge in [0.05, 0.1) is 25.1 Å². The molecule has 0 unspecified atom stereocenters. The Hall–Kier alpha value is -2.93. The SMILES string of the molecule is CCS(=O)(=O)Cc1ccc2c(c1)C1=CN(C)CC=C1CN=C2c1ccc(F)c(OC)c1. The van der Waals surface area contributed by atoms with Gasteiger partial charge in [-0.3, -0.25) is 4.99 Å². The van der Waals surface area contributed by atoms with E-state index >= 15 is 0 Å². The van der Waals surface area contributed by atoms with Gasteiger partial charge in [0.25, 0.3) is 0 Å². The van der Waals surface area contributed by atoms with Crippen molar-refractivity contribution in [1.82, 2.24) is 4.90 Å². The normalized spacial score (nSPS) is 15.9. The minimum atomic E-state index is -3.16. The molecule has 5 nitrogen and oxygen atoms in total. The van der Waals surface area contributed by atoms with Gasteiger partial charge in [0.15, 0.2) is 21.4 Å². The Labute approximate surface area is 182 Å². The minimum absolute atomic E-state index is 0.00417. The van der Waals surface area contributed by atoms with Crippen LogP contribution in [0.4, 0.5) is 4.39 Å². The lowest BCUT2D eigenvalue weighted by atomic mass is 9.89. The number of benzene rings is 2. The first kappa shape index (κ1) is 21.3. The topological polar surface area (TPSA) is 59.0 Å². The molecular weight excluding hydrogens is 415 g/mol. The molecular formula is C24H25FN2O3S. The van der Waals surface area contributed by atoms with Crippen LogP contribution in [0.2, 0.25) is 0 Å². The van der Waals surface area contributed by atoms with Crippen molar-refractivity contribution < 1.29 is 17.5 Å². The molecule has 4 rings (SSSR count). The molecule has 0 aromatic heterocycles. The van der Waals surface area contributed by atoms with Crippen molar-refractivity contribution >= 4 is 21.1 Å². The molecule has 0 radical (unpaired) electrons. The molecule has 0 fully saturated rings. The number of halogens is 1. The Balaban J connectivity index is 1.90. The van der Waals surface area contributed by atoms with Crippen LogP contribution in [-0.4, -0.2) is 52.0 Å². The molecule has 162 valence electrons. The van der Waals surface area contributed by atoms with Gasteiger partial charge >= 0.3 is 0 Å². The van der Waals surface area contributed by atoms with Crippen LogP contribution in [0, 0.1) is 5.82 Å². The summed E-state index contributed by atoms with van der Waals surface area (Å²) < 4.78 is 43.6. The van der Waals surface area contributed by atoms with Crippen molar-refractivity contribution in [2.45, 2.75) is 12.7 Å². The third-order valence-electron chi connectivity index (χ3n) is 5.61. The average molecular weight is 441 g/mol. The van der Waals surface area contributed by atoms with Crippen molar-refractivity contribution in [3.05, 3.63) is 82.3 Å². The van der Waals surface area contributed by atoms with Gasteiger partial charge in [-0.2, -0.15) is 0 Å². The standard InChI is InChI=1S/C24H25FN2O3S/c1-4-31(28,29)15-16-5-7-19-20(11-16)21-14-27(2)10-9-18(21)13-26-24(19)17-6-8-22(25)23(12-17)30-3/h5-9,11-12,14H,4,10,13,15H2,1-3H3. The summed E-state index contributed by atoms with van der Waals surface area (Å²) in [4.78, 5) is 6.95. The Bertz CT molecular complexity index is 1230.